The Morgan fingerprint density at radius 2 is 2.24 bits per heavy atom. The lowest BCUT2D eigenvalue weighted by atomic mass is 10.3. The summed E-state index contributed by atoms with van der Waals surface area (Å²) >= 11 is 3.08. The number of aromatic nitrogens is 1. The molecule has 4 nitrogen and oxygen atoms in total. The van der Waals surface area contributed by atoms with E-state index in [9.17, 15) is 4.39 Å². The fourth-order valence-electron chi connectivity index (χ4n) is 1.24. The van der Waals surface area contributed by atoms with Gasteiger partial charge in [0.15, 0.2) is 5.76 Å². The van der Waals surface area contributed by atoms with Gasteiger partial charge in [-0.25, -0.2) is 4.39 Å². The highest BCUT2D eigenvalue weighted by atomic mass is 79.9. The number of nitrogens with two attached hydrogens (primary N) is 1. The molecule has 0 saturated heterocycles. The van der Waals surface area contributed by atoms with Crippen molar-refractivity contribution >= 4 is 15.9 Å². The number of hydrogen-bond acceptors (Lipinski definition) is 4. The Morgan fingerprint density at radius 1 is 1.41 bits per heavy atom. The van der Waals surface area contributed by atoms with Gasteiger partial charge in [0.1, 0.15) is 18.2 Å². The summed E-state index contributed by atoms with van der Waals surface area (Å²) in [5.41, 5.74) is 6.07. The van der Waals surface area contributed by atoms with Crippen LogP contribution in [0.3, 0.4) is 0 Å². The average Bonchev–Trinajstić information content (AvgIpc) is 2.79. The zero-order valence-electron chi connectivity index (χ0n) is 8.82. The smallest absolute Gasteiger partial charge is 0.174 e. The van der Waals surface area contributed by atoms with Gasteiger partial charge in [0.05, 0.1) is 10.2 Å². The number of hydrogen-bond donors (Lipinski definition) is 1. The highest BCUT2D eigenvalue weighted by Gasteiger charge is 2.05. The highest BCUT2D eigenvalue weighted by Crippen LogP contribution is 2.22. The molecule has 0 radical (unpaired) electrons. The fourth-order valence-corrected chi connectivity index (χ4v) is 1.60. The fraction of sp³-hybridized carbons (Fsp3) is 0.182. The third kappa shape index (κ3) is 3.04. The Morgan fingerprint density at radius 3 is 2.88 bits per heavy atom. The van der Waals surface area contributed by atoms with Crippen LogP contribution in [0.5, 0.6) is 5.75 Å². The SMILES string of the molecule is NCc1cc(COc2ccc(F)c(Br)c2)on1. The summed E-state index contributed by atoms with van der Waals surface area (Å²) in [5, 5.41) is 3.73. The van der Waals surface area contributed by atoms with E-state index in [2.05, 4.69) is 21.1 Å². The van der Waals surface area contributed by atoms with Gasteiger partial charge in [0, 0.05) is 12.6 Å². The molecule has 2 N–H and O–H groups in total. The van der Waals surface area contributed by atoms with Crippen LogP contribution in [-0.2, 0) is 13.2 Å². The highest BCUT2D eigenvalue weighted by molar-refractivity contribution is 9.10. The van der Waals surface area contributed by atoms with Crippen LogP contribution in [0.2, 0.25) is 0 Å². The Kier molecular flexibility index (Phi) is 3.75. The quantitative estimate of drug-likeness (QED) is 0.943. The van der Waals surface area contributed by atoms with E-state index < -0.39 is 0 Å². The maximum atomic E-state index is 13.0. The van der Waals surface area contributed by atoms with Crippen molar-refractivity contribution < 1.29 is 13.7 Å². The van der Waals surface area contributed by atoms with E-state index in [0.717, 1.165) is 0 Å². The standard InChI is InChI=1S/C11H10BrFN2O2/c12-10-4-8(1-2-11(10)13)16-6-9-3-7(5-14)15-17-9/h1-4H,5-6,14H2. The molecule has 0 unspecified atom stereocenters. The molecular formula is C11H10BrFN2O2. The van der Waals surface area contributed by atoms with Gasteiger partial charge in [-0.05, 0) is 34.1 Å². The summed E-state index contributed by atoms with van der Waals surface area (Å²) in [6.07, 6.45) is 0. The maximum Gasteiger partial charge on any atom is 0.174 e. The third-order valence-electron chi connectivity index (χ3n) is 2.09. The molecule has 0 atom stereocenters. The van der Waals surface area contributed by atoms with E-state index in [-0.39, 0.29) is 12.4 Å². The third-order valence-corrected chi connectivity index (χ3v) is 2.70. The molecule has 2 aromatic rings. The minimum Gasteiger partial charge on any atom is -0.486 e. The minimum absolute atomic E-state index is 0.227. The summed E-state index contributed by atoms with van der Waals surface area (Å²) in [4.78, 5) is 0. The maximum absolute atomic E-state index is 13.0. The van der Waals surface area contributed by atoms with Crippen molar-refractivity contribution in [3.63, 3.8) is 0 Å². The predicted octanol–water partition coefficient (Wildman–Crippen LogP) is 2.61. The van der Waals surface area contributed by atoms with E-state index >= 15 is 0 Å². The van der Waals surface area contributed by atoms with Crippen LogP contribution in [0.1, 0.15) is 11.5 Å². The van der Waals surface area contributed by atoms with Gasteiger partial charge in [-0.2, -0.15) is 0 Å². The first kappa shape index (κ1) is 12.1. The second-order valence-electron chi connectivity index (χ2n) is 3.35. The topological polar surface area (TPSA) is 61.3 Å². The number of ether oxygens (including phenoxy) is 1. The molecule has 6 heteroatoms. The van der Waals surface area contributed by atoms with Crippen LogP contribution in [0.25, 0.3) is 0 Å². The van der Waals surface area contributed by atoms with Gasteiger partial charge < -0.3 is 15.0 Å². The first-order valence-electron chi connectivity index (χ1n) is 4.91. The molecule has 0 saturated carbocycles. The van der Waals surface area contributed by atoms with E-state index in [0.29, 0.717) is 28.2 Å². The molecule has 0 amide bonds. The van der Waals surface area contributed by atoms with E-state index in [1.54, 1.807) is 18.2 Å². The lowest BCUT2D eigenvalue weighted by Crippen LogP contribution is -1.96. The van der Waals surface area contributed by atoms with Crippen LogP contribution in [0, 0.1) is 5.82 Å². The molecule has 0 fully saturated rings. The molecule has 0 aliphatic carbocycles. The summed E-state index contributed by atoms with van der Waals surface area (Å²) < 4.78 is 23.7. The molecule has 17 heavy (non-hydrogen) atoms. The number of benzene rings is 1. The number of nitrogens with zero attached hydrogens (tertiary/aromatic N) is 1. The second kappa shape index (κ2) is 5.29. The molecule has 0 aliphatic rings. The molecule has 1 heterocycles. The summed E-state index contributed by atoms with van der Waals surface area (Å²) in [5.74, 6) is 0.789. The lowest BCUT2D eigenvalue weighted by molar-refractivity contribution is 0.248. The normalized spacial score (nSPS) is 10.5. The summed E-state index contributed by atoms with van der Waals surface area (Å²) in [7, 11) is 0. The molecule has 90 valence electrons. The lowest BCUT2D eigenvalue weighted by Gasteiger charge is -2.04. The van der Waals surface area contributed by atoms with Crippen LogP contribution >= 0.6 is 15.9 Å². The Labute approximate surface area is 106 Å². The van der Waals surface area contributed by atoms with Crippen molar-refractivity contribution in [2.45, 2.75) is 13.2 Å². The second-order valence-corrected chi connectivity index (χ2v) is 4.21. The van der Waals surface area contributed by atoms with Gasteiger partial charge in [-0.15, -0.1) is 0 Å². The number of halogens is 2. The Hall–Kier alpha value is -1.40. The van der Waals surface area contributed by atoms with Gasteiger partial charge in [-0.3, -0.25) is 0 Å². The van der Waals surface area contributed by atoms with Crippen molar-refractivity contribution in [2.75, 3.05) is 0 Å². The van der Waals surface area contributed by atoms with Crippen LogP contribution in [-0.4, -0.2) is 5.16 Å². The van der Waals surface area contributed by atoms with Crippen LogP contribution < -0.4 is 10.5 Å². The van der Waals surface area contributed by atoms with Crippen molar-refractivity contribution in [1.82, 2.24) is 5.16 Å². The molecule has 0 spiro atoms. The van der Waals surface area contributed by atoms with Gasteiger partial charge in [-0.1, -0.05) is 5.16 Å². The first-order chi connectivity index (χ1) is 8.19. The molecule has 2 rings (SSSR count). The average molecular weight is 301 g/mol. The largest absolute Gasteiger partial charge is 0.486 e. The van der Waals surface area contributed by atoms with Gasteiger partial charge >= 0.3 is 0 Å². The van der Waals surface area contributed by atoms with E-state index in [1.165, 1.54) is 6.07 Å². The van der Waals surface area contributed by atoms with Crippen LogP contribution in [0.15, 0.2) is 33.3 Å². The van der Waals surface area contributed by atoms with Crippen molar-refractivity contribution in [1.29, 1.82) is 0 Å². The summed E-state index contributed by atoms with van der Waals surface area (Å²) in [6.45, 7) is 0.552. The zero-order chi connectivity index (χ0) is 12.3. The van der Waals surface area contributed by atoms with Gasteiger partial charge in [0.25, 0.3) is 0 Å². The monoisotopic (exact) mass is 300 g/mol. The molecule has 1 aromatic carbocycles. The Bertz CT molecular complexity index is 516. The van der Waals surface area contributed by atoms with Crippen LogP contribution in [0.4, 0.5) is 4.39 Å². The molecular weight excluding hydrogens is 291 g/mol. The minimum atomic E-state index is -0.331. The van der Waals surface area contributed by atoms with E-state index in [1.807, 2.05) is 0 Å². The summed E-state index contributed by atoms with van der Waals surface area (Å²) in [6, 6.07) is 6.14. The molecule has 0 bridgehead atoms. The zero-order valence-corrected chi connectivity index (χ0v) is 10.4. The van der Waals surface area contributed by atoms with Crippen molar-refractivity contribution in [3.8, 4) is 5.75 Å². The Balaban J connectivity index is 1.99. The molecule has 0 aliphatic heterocycles. The molecule has 1 aromatic heterocycles. The van der Waals surface area contributed by atoms with E-state index in [4.69, 9.17) is 15.0 Å². The number of rotatable bonds is 4. The van der Waals surface area contributed by atoms with Crippen molar-refractivity contribution in [2.24, 2.45) is 5.73 Å². The van der Waals surface area contributed by atoms with Gasteiger partial charge in [0.2, 0.25) is 0 Å². The van der Waals surface area contributed by atoms with Crippen molar-refractivity contribution in [3.05, 3.63) is 46.0 Å². The predicted molar refractivity (Wildman–Crippen MR) is 62.8 cm³/mol. The first-order valence-corrected chi connectivity index (χ1v) is 5.70.